The van der Waals surface area contributed by atoms with E-state index in [0.717, 1.165) is 64.2 Å². The summed E-state index contributed by atoms with van der Waals surface area (Å²) in [6.45, 7) is 3.97. The molecule has 12 nitrogen and oxygen atoms in total. The quantitative estimate of drug-likeness (QED) is 0.0197. The van der Waals surface area contributed by atoms with E-state index in [1.165, 1.54) is 128 Å². The van der Waals surface area contributed by atoms with Crippen LogP contribution in [0.3, 0.4) is 0 Å². The third-order valence-electron chi connectivity index (χ3n) is 11.6. The zero-order valence-corrected chi connectivity index (χ0v) is 40.0. The van der Waals surface area contributed by atoms with E-state index in [1.807, 2.05) is 0 Å². The van der Waals surface area contributed by atoms with Crippen molar-refractivity contribution in [1.82, 2.24) is 0 Å². The first-order valence-electron chi connectivity index (χ1n) is 25.1. The molecular formula is C49H92O12S. The summed E-state index contributed by atoms with van der Waals surface area (Å²) >= 11 is 0. The first-order valence-corrected chi connectivity index (χ1v) is 26.5. The lowest BCUT2D eigenvalue weighted by atomic mass is 9.99. The Labute approximate surface area is 378 Å². The second-order valence-corrected chi connectivity index (χ2v) is 18.5. The lowest BCUT2D eigenvalue weighted by Gasteiger charge is -2.41. The van der Waals surface area contributed by atoms with Crippen LogP contribution in [0.4, 0.5) is 0 Å². The zero-order valence-electron chi connectivity index (χ0n) is 39.2. The van der Waals surface area contributed by atoms with E-state index in [4.69, 9.17) is 18.9 Å². The molecule has 1 aliphatic heterocycles. The fourth-order valence-electron chi connectivity index (χ4n) is 7.75. The first kappa shape index (κ1) is 58.6. The predicted molar refractivity (Wildman–Crippen MR) is 248 cm³/mol. The Balaban J connectivity index is 2.34. The second-order valence-electron chi connectivity index (χ2n) is 17.4. The number of rotatable bonds is 44. The third-order valence-corrected chi connectivity index (χ3v) is 12.0. The van der Waals surface area contributed by atoms with Crippen molar-refractivity contribution in [2.24, 2.45) is 0 Å². The van der Waals surface area contributed by atoms with Crippen LogP contribution in [0.2, 0.25) is 0 Å². The number of hydrogen-bond acceptors (Lipinski definition) is 11. The minimum atomic E-state index is -5.06. The summed E-state index contributed by atoms with van der Waals surface area (Å²) in [5.74, 6) is -0.410. The fraction of sp³-hybridized carbons (Fsp3) is 0.898. The van der Waals surface area contributed by atoms with Gasteiger partial charge in [-0.15, -0.1) is 0 Å². The third kappa shape index (κ3) is 34.0. The molecule has 0 amide bonds. The van der Waals surface area contributed by atoms with Gasteiger partial charge < -0.3 is 34.3 Å². The Bertz CT molecular complexity index is 1180. The number of hydrogen-bond donors (Lipinski definition) is 4. The van der Waals surface area contributed by atoms with Gasteiger partial charge in [0.2, 0.25) is 0 Å². The fourth-order valence-corrected chi connectivity index (χ4v) is 8.26. The summed E-state index contributed by atoms with van der Waals surface area (Å²) in [6, 6.07) is 0. The number of carbonyl (C=O) groups excluding carboxylic acids is 1. The Hall–Kier alpha value is -1.42. The van der Waals surface area contributed by atoms with E-state index >= 15 is 0 Å². The molecule has 0 bridgehead atoms. The summed E-state index contributed by atoms with van der Waals surface area (Å²) < 4.78 is 59.2. The number of carbonyl (C=O) groups is 1. The largest absolute Gasteiger partial charge is 0.457 e. The van der Waals surface area contributed by atoms with Crippen LogP contribution in [-0.2, 0) is 38.3 Å². The minimum absolute atomic E-state index is 0.0345. The normalized spacial score (nSPS) is 20.1. The molecule has 0 aromatic heterocycles. The summed E-state index contributed by atoms with van der Waals surface area (Å²) in [6.07, 6.45) is 37.9. The molecule has 4 N–H and O–H groups in total. The SMILES string of the molecule is CCCC/C=C\C/C=C\CCCCCCCC(=O)OC(COCCCCCCCCCCCCCCCCCCCCCCC)COC1OC(CO)C(O)C(OS(=O)(=O)O)C1O. The van der Waals surface area contributed by atoms with Crippen LogP contribution in [0.5, 0.6) is 0 Å². The number of esters is 1. The van der Waals surface area contributed by atoms with Gasteiger partial charge in [-0.25, -0.2) is 4.18 Å². The molecule has 0 aromatic rings. The first-order chi connectivity index (χ1) is 30.1. The Morgan fingerprint density at radius 2 is 1.08 bits per heavy atom. The predicted octanol–water partition coefficient (Wildman–Crippen LogP) is 11.2. The van der Waals surface area contributed by atoms with Gasteiger partial charge in [-0.05, 0) is 38.5 Å². The highest BCUT2D eigenvalue weighted by Gasteiger charge is 2.48. The van der Waals surface area contributed by atoms with Gasteiger partial charge in [0.15, 0.2) is 6.29 Å². The molecule has 1 aliphatic rings. The van der Waals surface area contributed by atoms with Gasteiger partial charge in [0.25, 0.3) is 0 Å². The maximum Gasteiger partial charge on any atom is 0.397 e. The molecule has 0 radical (unpaired) electrons. The van der Waals surface area contributed by atoms with Crippen molar-refractivity contribution in [3.63, 3.8) is 0 Å². The van der Waals surface area contributed by atoms with Crippen LogP contribution < -0.4 is 0 Å². The molecule has 6 atom stereocenters. The van der Waals surface area contributed by atoms with E-state index in [9.17, 15) is 33.1 Å². The number of ether oxygens (including phenoxy) is 4. The number of unbranched alkanes of at least 4 members (excludes halogenated alkanes) is 27. The van der Waals surface area contributed by atoms with Crippen molar-refractivity contribution < 1.29 is 56.2 Å². The van der Waals surface area contributed by atoms with E-state index < -0.39 is 59.8 Å². The Morgan fingerprint density at radius 1 is 0.613 bits per heavy atom. The average Bonchev–Trinajstić information content (AvgIpc) is 3.24. The number of aliphatic hydroxyl groups excluding tert-OH is 3. The van der Waals surface area contributed by atoms with Gasteiger partial charge >= 0.3 is 16.4 Å². The maximum atomic E-state index is 12.9. The summed E-state index contributed by atoms with van der Waals surface area (Å²) in [4.78, 5) is 12.9. The topological polar surface area (TPSA) is 178 Å². The van der Waals surface area contributed by atoms with Gasteiger partial charge in [-0.1, -0.05) is 199 Å². The molecule has 0 spiro atoms. The van der Waals surface area contributed by atoms with E-state index in [2.05, 4.69) is 42.3 Å². The van der Waals surface area contributed by atoms with Crippen molar-refractivity contribution in [3.8, 4) is 0 Å². The van der Waals surface area contributed by atoms with Gasteiger partial charge in [0, 0.05) is 13.0 Å². The standard InChI is InChI=1S/C49H92O12S/c1-3-5-7-9-11-13-15-17-19-20-21-22-23-24-25-27-29-31-33-35-37-39-57-41-43(42-58-49-47(53)48(61-62(54,55)56)46(52)44(40-50)60-49)59-45(51)38-36-34-32-30-28-26-18-16-14-12-10-8-6-4-2/h10,12,16,18,43-44,46-50,52-53H,3-9,11,13-15,17,19-42H2,1-2H3,(H,54,55,56)/b12-10-,18-16-. The Kier molecular flexibility index (Phi) is 38.8. The van der Waals surface area contributed by atoms with E-state index in [1.54, 1.807) is 0 Å². The lowest BCUT2D eigenvalue weighted by molar-refractivity contribution is -0.301. The van der Waals surface area contributed by atoms with Crippen LogP contribution in [-0.4, -0.2) is 97.5 Å². The second kappa shape index (κ2) is 41.0. The average molecular weight is 905 g/mol. The highest BCUT2D eigenvalue weighted by Crippen LogP contribution is 2.26. The van der Waals surface area contributed by atoms with Gasteiger partial charge in [0.05, 0.1) is 19.8 Å². The molecular weight excluding hydrogens is 813 g/mol. The summed E-state index contributed by atoms with van der Waals surface area (Å²) in [7, 11) is -5.06. The van der Waals surface area contributed by atoms with Crippen molar-refractivity contribution in [3.05, 3.63) is 24.3 Å². The number of aliphatic hydroxyl groups is 3. The molecule has 62 heavy (non-hydrogen) atoms. The lowest BCUT2D eigenvalue weighted by Crippen LogP contribution is -2.60. The van der Waals surface area contributed by atoms with Crippen LogP contribution >= 0.6 is 0 Å². The number of allylic oxidation sites excluding steroid dienone is 4. The van der Waals surface area contributed by atoms with Crippen LogP contribution in [0.1, 0.15) is 219 Å². The molecule has 0 aliphatic carbocycles. The molecule has 1 fully saturated rings. The van der Waals surface area contributed by atoms with E-state index in [0.29, 0.717) is 13.0 Å². The molecule has 13 heteroatoms. The smallest absolute Gasteiger partial charge is 0.397 e. The monoisotopic (exact) mass is 905 g/mol. The van der Waals surface area contributed by atoms with Gasteiger partial charge in [-0.2, -0.15) is 8.42 Å². The Morgan fingerprint density at radius 3 is 1.58 bits per heavy atom. The van der Waals surface area contributed by atoms with Crippen LogP contribution in [0.25, 0.3) is 0 Å². The molecule has 366 valence electrons. The van der Waals surface area contributed by atoms with Crippen molar-refractivity contribution >= 4 is 16.4 Å². The minimum Gasteiger partial charge on any atom is -0.457 e. The van der Waals surface area contributed by atoms with Gasteiger partial charge in [-0.3, -0.25) is 9.35 Å². The van der Waals surface area contributed by atoms with Crippen molar-refractivity contribution in [1.29, 1.82) is 0 Å². The molecule has 1 heterocycles. The summed E-state index contributed by atoms with van der Waals surface area (Å²) in [5.41, 5.74) is 0. The molecule has 6 unspecified atom stereocenters. The maximum absolute atomic E-state index is 12.9. The van der Waals surface area contributed by atoms with Crippen LogP contribution in [0, 0.1) is 0 Å². The van der Waals surface area contributed by atoms with Crippen molar-refractivity contribution in [2.75, 3.05) is 26.4 Å². The van der Waals surface area contributed by atoms with Crippen molar-refractivity contribution in [2.45, 2.75) is 256 Å². The molecule has 0 aromatic carbocycles. The van der Waals surface area contributed by atoms with Gasteiger partial charge in [0.1, 0.15) is 30.5 Å². The molecule has 1 rings (SSSR count). The molecule has 1 saturated heterocycles. The zero-order chi connectivity index (χ0) is 45.4. The van der Waals surface area contributed by atoms with E-state index in [-0.39, 0.29) is 19.6 Å². The molecule has 0 saturated carbocycles. The highest BCUT2D eigenvalue weighted by atomic mass is 32.3. The highest BCUT2D eigenvalue weighted by molar-refractivity contribution is 7.80. The van der Waals surface area contributed by atoms with Crippen LogP contribution in [0.15, 0.2) is 24.3 Å². The summed E-state index contributed by atoms with van der Waals surface area (Å²) in [5, 5.41) is 30.7.